The molecule has 0 spiro atoms. The number of imidazole rings is 1. The number of rotatable bonds is 7. The number of nitrogens with one attached hydrogen (secondary N) is 1. The number of carboxylic acids is 1. The molecule has 3 aromatic heterocycles. The first-order chi connectivity index (χ1) is 20.0. The van der Waals surface area contributed by atoms with Gasteiger partial charge in [-0.05, 0) is 45.0 Å². The number of aromatic nitrogens is 4. The van der Waals surface area contributed by atoms with Crippen LogP contribution >= 0.6 is 0 Å². The van der Waals surface area contributed by atoms with E-state index in [2.05, 4.69) is 15.3 Å². The lowest BCUT2D eigenvalue weighted by molar-refractivity contribution is -0.139. The second kappa shape index (κ2) is 11.3. The highest BCUT2D eigenvalue weighted by molar-refractivity contribution is 5.97. The van der Waals surface area contributed by atoms with Crippen LogP contribution in [0, 0.1) is 25.5 Å². The molecule has 42 heavy (non-hydrogen) atoms. The monoisotopic (exact) mass is 580 g/mol. The quantitative estimate of drug-likeness (QED) is 0.341. The third-order valence-electron chi connectivity index (χ3n) is 7.67. The van der Waals surface area contributed by atoms with Crippen LogP contribution in [-0.2, 0) is 23.0 Å². The number of carboxylic acid groups (broad SMARTS) is 1. The van der Waals surface area contributed by atoms with Crippen LogP contribution in [0.4, 0.5) is 14.5 Å². The van der Waals surface area contributed by atoms with Crippen molar-refractivity contribution in [2.75, 3.05) is 24.7 Å². The van der Waals surface area contributed by atoms with Gasteiger partial charge in [0.25, 0.3) is 11.5 Å². The predicted octanol–water partition coefficient (Wildman–Crippen LogP) is 2.64. The number of ether oxygens (including phenoxy) is 1. The molecule has 1 aliphatic rings. The van der Waals surface area contributed by atoms with Gasteiger partial charge in [0.2, 0.25) is 0 Å². The molecular weight excluding hydrogens is 550 g/mol. The van der Waals surface area contributed by atoms with Gasteiger partial charge in [-0.1, -0.05) is 0 Å². The van der Waals surface area contributed by atoms with Crippen LogP contribution in [0.5, 0.6) is 0 Å². The molecule has 220 valence electrons. The van der Waals surface area contributed by atoms with Crippen LogP contribution in [0.3, 0.4) is 0 Å². The van der Waals surface area contributed by atoms with E-state index in [-0.39, 0.29) is 29.4 Å². The molecule has 1 fully saturated rings. The molecule has 2 N–H and O–H groups in total. The molecule has 13 heteroatoms. The summed E-state index contributed by atoms with van der Waals surface area (Å²) in [4.78, 5) is 48.7. The Hall–Kier alpha value is -4.65. The first kappa shape index (κ1) is 28.9. The van der Waals surface area contributed by atoms with E-state index >= 15 is 8.78 Å². The number of nitrogens with zero attached hydrogens (tertiary/aromatic N) is 5. The lowest BCUT2D eigenvalue weighted by atomic mass is 10.1. The van der Waals surface area contributed by atoms with E-state index < -0.39 is 35.1 Å². The Morgan fingerprint density at radius 3 is 2.60 bits per heavy atom. The van der Waals surface area contributed by atoms with Gasteiger partial charge >= 0.3 is 5.97 Å². The molecule has 0 radical (unpaired) electrons. The maximum Gasteiger partial charge on any atom is 0.326 e. The standard InChI is InChI=1S/C29H30F2N6O5/c1-15-14-42-10-9-36(15)19-11-21(30)24(22(31)12-19)27(38)34-23(29(40)41)13-18-5-6-20(26-32-7-8-37(18)26)25-28(39)35(4)17(3)16(2)33-25/h5-8,11-12,15,23H,9-10,13-14H2,1-4H3,(H,34,38)(H,40,41)/t15-,23-/m0/s1. The zero-order valence-corrected chi connectivity index (χ0v) is 23.5. The SMILES string of the molecule is Cc1nc(-c2ccc(C[C@H](NC(=O)c3c(F)cc(N4CCOC[C@@H]4C)cc3F)C(=O)O)n3ccnc23)c(=O)n(C)c1C. The number of benzene rings is 1. The number of amides is 1. The van der Waals surface area contributed by atoms with Gasteiger partial charge in [0.05, 0.1) is 18.9 Å². The highest BCUT2D eigenvalue weighted by Crippen LogP contribution is 2.26. The lowest BCUT2D eigenvalue weighted by Crippen LogP contribution is -2.44. The Balaban J connectivity index is 1.42. The normalized spacial score (nSPS) is 16.0. The number of fused-ring (bicyclic) bond motifs is 1. The van der Waals surface area contributed by atoms with E-state index in [1.54, 1.807) is 48.5 Å². The summed E-state index contributed by atoms with van der Waals surface area (Å²) < 4.78 is 38.6. The second-order valence-electron chi connectivity index (χ2n) is 10.3. The first-order valence-electron chi connectivity index (χ1n) is 13.3. The van der Waals surface area contributed by atoms with Crippen molar-refractivity contribution in [1.29, 1.82) is 0 Å². The van der Waals surface area contributed by atoms with Gasteiger partial charge in [-0.2, -0.15) is 0 Å². The third kappa shape index (κ3) is 5.22. The smallest absolute Gasteiger partial charge is 0.326 e. The summed E-state index contributed by atoms with van der Waals surface area (Å²) in [6.07, 6.45) is 2.84. The first-order valence-corrected chi connectivity index (χ1v) is 13.3. The minimum Gasteiger partial charge on any atom is -0.480 e. The Morgan fingerprint density at radius 1 is 1.21 bits per heavy atom. The largest absolute Gasteiger partial charge is 0.480 e. The maximum atomic E-state index is 15.1. The van der Waals surface area contributed by atoms with E-state index in [4.69, 9.17) is 4.74 Å². The number of hydrogen-bond donors (Lipinski definition) is 2. The van der Waals surface area contributed by atoms with Gasteiger partial charge in [-0.25, -0.2) is 23.5 Å². The summed E-state index contributed by atoms with van der Waals surface area (Å²) in [5.74, 6) is -4.80. The summed E-state index contributed by atoms with van der Waals surface area (Å²) >= 11 is 0. The number of pyridine rings is 1. The minimum atomic E-state index is -1.53. The van der Waals surface area contributed by atoms with Crippen molar-refractivity contribution in [3.8, 4) is 11.3 Å². The van der Waals surface area contributed by atoms with E-state index in [1.807, 2.05) is 6.92 Å². The van der Waals surface area contributed by atoms with E-state index in [0.29, 0.717) is 42.4 Å². The van der Waals surface area contributed by atoms with Crippen LogP contribution in [0.2, 0.25) is 0 Å². The van der Waals surface area contributed by atoms with Crippen LogP contribution in [0.15, 0.2) is 41.5 Å². The summed E-state index contributed by atoms with van der Waals surface area (Å²) in [5.41, 5.74) is 1.89. The molecule has 0 saturated carbocycles. The molecule has 11 nitrogen and oxygen atoms in total. The van der Waals surface area contributed by atoms with E-state index in [1.165, 1.54) is 10.8 Å². The van der Waals surface area contributed by atoms with Crippen molar-refractivity contribution in [3.05, 3.63) is 81.3 Å². The van der Waals surface area contributed by atoms with Crippen LogP contribution in [0.25, 0.3) is 16.9 Å². The zero-order valence-electron chi connectivity index (χ0n) is 23.5. The topological polar surface area (TPSA) is 131 Å². The molecule has 1 saturated heterocycles. The van der Waals surface area contributed by atoms with Crippen molar-refractivity contribution >= 4 is 23.2 Å². The molecule has 0 bridgehead atoms. The third-order valence-corrected chi connectivity index (χ3v) is 7.67. The van der Waals surface area contributed by atoms with Gasteiger partial charge < -0.3 is 29.0 Å². The Labute approximate surface area is 239 Å². The number of aliphatic carboxylic acids is 1. The molecule has 0 unspecified atom stereocenters. The summed E-state index contributed by atoms with van der Waals surface area (Å²) in [6.45, 7) is 6.67. The van der Waals surface area contributed by atoms with Crippen molar-refractivity contribution in [2.24, 2.45) is 7.05 Å². The molecule has 1 aliphatic heterocycles. The zero-order chi connectivity index (χ0) is 30.3. The summed E-state index contributed by atoms with van der Waals surface area (Å²) in [7, 11) is 1.65. The van der Waals surface area contributed by atoms with Gasteiger partial charge in [-0.3, -0.25) is 9.59 Å². The molecule has 4 aromatic rings. The van der Waals surface area contributed by atoms with Crippen molar-refractivity contribution in [2.45, 2.75) is 39.3 Å². The highest BCUT2D eigenvalue weighted by Gasteiger charge is 2.28. The molecule has 1 amide bonds. The number of carbonyl (C=O) groups excluding carboxylic acids is 1. The summed E-state index contributed by atoms with van der Waals surface area (Å²) in [5, 5.41) is 12.1. The van der Waals surface area contributed by atoms with Gasteiger partial charge in [-0.15, -0.1) is 0 Å². The van der Waals surface area contributed by atoms with Crippen molar-refractivity contribution < 1.29 is 28.2 Å². The van der Waals surface area contributed by atoms with E-state index in [9.17, 15) is 19.5 Å². The fraction of sp³-hybridized carbons (Fsp3) is 0.345. The van der Waals surface area contributed by atoms with Crippen LogP contribution < -0.4 is 15.8 Å². The molecule has 2 atom stereocenters. The predicted molar refractivity (Wildman–Crippen MR) is 150 cm³/mol. The average molecular weight is 581 g/mol. The fourth-order valence-corrected chi connectivity index (χ4v) is 5.14. The number of carbonyl (C=O) groups is 2. The number of halogens is 2. The highest BCUT2D eigenvalue weighted by atomic mass is 19.1. The van der Waals surface area contributed by atoms with Gasteiger partial charge in [0.1, 0.15) is 34.6 Å². The molecule has 4 heterocycles. The molecular formula is C29H30F2N6O5. The second-order valence-corrected chi connectivity index (χ2v) is 10.3. The van der Waals surface area contributed by atoms with Gasteiger partial charge in [0.15, 0.2) is 0 Å². The minimum absolute atomic E-state index is 0.117. The van der Waals surface area contributed by atoms with Crippen molar-refractivity contribution in [3.63, 3.8) is 0 Å². The van der Waals surface area contributed by atoms with E-state index in [0.717, 1.165) is 17.8 Å². The number of morpholine rings is 1. The average Bonchev–Trinajstić information content (AvgIpc) is 3.44. The maximum absolute atomic E-state index is 15.1. The number of anilines is 1. The lowest BCUT2D eigenvalue weighted by Gasteiger charge is -2.35. The van der Waals surface area contributed by atoms with Crippen LogP contribution in [0.1, 0.15) is 34.4 Å². The molecule has 1 aromatic carbocycles. The number of aryl methyl sites for hydroxylation is 1. The molecule has 5 rings (SSSR count). The Bertz CT molecular complexity index is 1740. The van der Waals surface area contributed by atoms with Gasteiger partial charge in [0, 0.05) is 61.1 Å². The fourth-order valence-electron chi connectivity index (χ4n) is 5.14. The Kier molecular flexibility index (Phi) is 7.78. The molecule has 0 aliphatic carbocycles. The van der Waals surface area contributed by atoms with Crippen LogP contribution in [-0.4, -0.2) is 67.8 Å². The number of hydrogen-bond acceptors (Lipinski definition) is 7. The Morgan fingerprint density at radius 2 is 1.93 bits per heavy atom. The van der Waals surface area contributed by atoms with Crippen molar-refractivity contribution in [1.82, 2.24) is 24.3 Å². The summed E-state index contributed by atoms with van der Waals surface area (Å²) in [6, 6.07) is 3.69.